The number of hydrogen-bond donors (Lipinski definition) is 0. The minimum Gasteiger partial charge on any atom is -0.384 e. The van der Waals surface area contributed by atoms with Crippen LogP contribution in [-0.2, 0) is 9.53 Å². The van der Waals surface area contributed by atoms with Crippen molar-refractivity contribution in [3.05, 3.63) is 0 Å². The van der Waals surface area contributed by atoms with Crippen LogP contribution in [0.2, 0.25) is 0 Å². The predicted molar refractivity (Wildman–Crippen MR) is 45.8 cm³/mol. The number of fused-ring (bicyclic) bond motifs is 2. The lowest BCUT2D eigenvalue weighted by atomic mass is 9.81. The Labute approximate surface area is 73.3 Å². The summed E-state index contributed by atoms with van der Waals surface area (Å²) in [6, 6.07) is 0. The van der Waals surface area contributed by atoms with Crippen LogP contribution in [0, 0.1) is 23.7 Å². The first kappa shape index (κ1) is 8.24. The number of methoxy groups -OCH3 is 1. The van der Waals surface area contributed by atoms with E-state index >= 15 is 0 Å². The highest BCUT2D eigenvalue weighted by Gasteiger charge is 2.47. The van der Waals surface area contributed by atoms with Gasteiger partial charge < -0.3 is 9.53 Å². The van der Waals surface area contributed by atoms with Gasteiger partial charge in [-0.05, 0) is 37.0 Å². The fraction of sp³-hybridized carbons (Fsp3) is 0.900. The average molecular weight is 168 g/mol. The normalized spacial score (nSPS) is 45.1. The molecule has 68 valence electrons. The molecule has 0 N–H and O–H groups in total. The first-order valence-electron chi connectivity index (χ1n) is 4.81. The monoisotopic (exact) mass is 168 g/mol. The summed E-state index contributed by atoms with van der Waals surface area (Å²) in [5, 5.41) is 0. The Balaban J connectivity index is 2.06. The molecule has 0 heterocycles. The summed E-state index contributed by atoms with van der Waals surface area (Å²) in [5.74, 6) is 2.31. The predicted octanol–water partition coefficient (Wildman–Crippen LogP) is 1.49. The van der Waals surface area contributed by atoms with Gasteiger partial charge in [0.25, 0.3) is 0 Å². The largest absolute Gasteiger partial charge is 0.384 e. The maximum absolute atomic E-state index is 10.8. The Morgan fingerprint density at radius 3 is 2.83 bits per heavy atom. The van der Waals surface area contributed by atoms with Gasteiger partial charge in [-0.1, -0.05) is 0 Å². The SMILES string of the molecule is COCC1C2CCC(C2)C1C=O. The topological polar surface area (TPSA) is 26.3 Å². The molecule has 0 aliphatic heterocycles. The molecule has 0 aromatic carbocycles. The molecule has 0 amide bonds. The Kier molecular flexibility index (Phi) is 2.18. The van der Waals surface area contributed by atoms with Gasteiger partial charge in [-0.3, -0.25) is 0 Å². The molecule has 2 heteroatoms. The third-order valence-electron chi connectivity index (χ3n) is 3.67. The van der Waals surface area contributed by atoms with Gasteiger partial charge in [0.2, 0.25) is 0 Å². The molecular weight excluding hydrogens is 152 g/mol. The summed E-state index contributed by atoms with van der Waals surface area (Å²) in [6.07, 6.45) is 5.03. The third kappa shape index (κ3) is 1.09. The van der Waals surface area contributed by atoms with Gasteiger partial charge in [0.15, 0.2) is 0 Å². The molecule has 0 aromatic rings. The molecule has 2 aliphatic rings. The average Bonchev–Trinajstić information content (AvgIpc) is 2.64. The summed E-state index contributed by atoms with van der Waals surface area (Å²) in [7, 11) is 1.73. The second-order valence-electron chi connectivity index (χ2n) is 4.17. The van der Waals surface area contributed by atoms with Crippen molar-refractivity contribution >= 4 is 6.29 Å². The highest BCUT2D eigenvalue weighted by molar-refractivity contribution is 5.56. The lowest BCUT2D eigenvalue weighted by molar-refractivity contribution is -0.114. The summed E-state index contributed by atoms with van der Waals surface area (Å²) in [6.45, 7) is 0.782. The van der Waals surface area contributed by atoms with Gasteiger partial charge in [-0.2, -0.15) is 0 Å². The van der Waals surface area contributed by atoms with Crippen molar-refractivity contribution in [3.8, 4) is 0 Å². The van der Waals surface area contributed by atoms with Crippen molar-refractivity contribution < 1.29 is 9.53 Å². The van der Waals surface area contributed by atoms with Crippen molar-refractivity contribution in [1.82, 2.24) is 0 Å². The second kappa shape index (κ2) is 3.17. The third-order valence-corrected chi connectivity index (χ3v) is 3.67. The first-order chi connectivity index (χ1) is 5.86. The van der Waals surface area contributed by atoms with Crippen LogP contribution in [0.4, 0.5) is 0 Å². The molecule has 4 unspecified atom stereocenters. The van der Waals surface area contributed by atoms with Crippen LogP contribution in [-0.4, -0.2) is 20.0 Å². The van der Waals surface area contributed by atoms with Gasteiger partial charge in [0.05, 0.1) is 0 Å². The highest BCUT2D eigenvalue weighted by Crippen LogP contribution is 2.51. The zero-order valence-corrected chi connectivity index (χ0v) is 7.53. The molecule has 2 nitrogen and oxygen atoms in total. The summed E-state index contributed by atoms with van der Waals surface area (Å²) < 4.78 is 5.15. The Hall–Kier alpha value is -0.370. The highest BCUT2D eigenvalue weighted by atomic mass is 16.5. The minimum atomic E-state index is 0.309. The molecule has 0 saturated heterocycles. The van der Waals surface area contributed by atoms with Crippen molar-refractivity contribution in [1.29, 1.82) is 0 Å². The smallest absolute Gasteiger partial charge is 0.123 e. The van der Waals surface area contributed by atoms with Crippen LogP contribution in [0.3, 0.4) is 0 Å². The van der Waals surface area contributed by atoms with E-state index in [-0.39, 0.29) is 0 Å². The van der Waals surface area contributed by atoms with E-state index in [1.807, 2.05) is 0 Å². The molecule has 2 rings (SSSR count). The van der Waals surface area contributed by atoms with Crippen molar-refractivity contribution in [2.24, 2.45) is 23.7 Å². The van der Waals surface area contributed by atoms with E-state index in [0.29, 0.717) is 17.8 Å². The maximum Gasteiger partial charge on any atom is 0.123 e. The number of ether oxygens (including phenoxy) is 1. The molecule has 0 aromatic heterocycles. The van der Waals surface area contributed by atoms with Crippen LogP contribution in [0.25, 0.3) is 0 Å². The van der Waals surface area contributed by atoms with Crippen molar-refractivity contribution in [3.63, 3.8) is 0 Å². The number of aldehydes is 1. The van der Waals surface area contributed by atoms with Gasteiger partial charge in [0, 0.05) is 19.6 Å². The van der Waals surface area contributed by atoms with E-state index in [0.717, 1.165) is 18.8 Å². The van der Waals surface area contributed by atoms with E-state index in [9.17, 15) is 4.79 Å². The van der Waals surface area contributed by atoms with Crippen LogP contribution >= 0.6 is 0 Å². The van der Waals surface area contributed by atoms with E-state index in [1.165, 1.54) is 19.3 Å². The van der Waals surface area contributed by atoms with E-state index in [1.54, 1.807) is 7.11 Å². The van der Waals surface area contributed by atoms with Crippen molar-refractivity contribution in [2.75, 3.05) is 13.7 Å². The van der Waals surface area contributed by atoms with Crippen LogP contribution in [0.15, 0.2) is 0 Å². The number of carbonyl (C=O) groups excluding carboxylic acids is 1. The Morgan fingerprint density at radius 1 is 1.42 bits per heavy atom. The zero-order valence-electron chi connectivity index (χ0n) is 7.53. The minimum absolute atomic E-state index is 0.309. The molecule has 2 saturated carbocycles. The molecule has 4 atom stereocenters. The molecular formula is C10H16O2. The lowest BCUT2D eigenvalue weighted by Gasteiger charge is -2.26. The summed E-state index contributed by atoms with van der Waals surface area (Å²) in [4.78, 5) is 10.8. The number of carbonyl (C=O) groups is 1. The van der Waals surface area contributed by atoms with Crippen LogP contribution in [0.1, 0.15) is 19.3 Å². The van der Waals surface area contributed by atoms with Crippen LogP contribution < -0.4 is 0 Å². The fourth-order valence-electron chi connectivity index (χ4n) is 3.11. The Bertz CT molecular complexity index is 179. The molecule has 0 radical (unpaired) electrons. The quantitative estimate of drug-likeness (QED) is 0.597. The first-order valence-corrected chi connectivity index (χ1v) is 4.81. The van der Waals surface area contributed by atoms with E-state index < -0.39 is 0 Å². The number of hydrogen-bond acceptors (Lipinski definition) is 2. The fourth-order valence-corrected chi connectivity index (χ4v) is 3.11. The molecule has 2 aliphatic carbocycles. The van der Waals surface area contributed by atoms with Gasteiger partial charge >= 0.3 is 0 Å². The van der Waals surface area contributed by atoms with Gasteiger partial charge in [-0.25, -0.2) is 0 Å². The maximum atomic E-state index is 10.8. The van der Waals surface area contributed by atoms with Crippen LogP contribution in [0.5, 0.6) is 0 Å². The van der Waals surface area contributed by atoms with E-state index in [2.05, 4.69) is 0 Å². The molecule has 2 bridgehead atoms. The second-order valence-corrected chi connectivity index (χ2v) is 4.17. The summed E-state index contributed by atoms with van der Waals surface area (Å²) in [5.41, 5.74) is 0. The standard InChI is InChI=1S/C10H16O2/c1-12-6-10-8-3-2-7(4-8)9(10)5-11/h5,7-10H,2-4,6H2,1H3. The molecule has 2 fully saturated rings. The zero-order chi connectivity index (χ0) is 8.55. The van der Waals surface area contributed by atoms with Gasteiger partial charge in [-0.15, -0.1) is 0 Å². The van der Waals surface area contributed by atoms with Gasteiger partial charge in [0.1, 0.15) is 6.29 Å². The van der Waals surface area contributed by atoms with Crippen molar-refractivity contribution in [2.45, 2.75) is 19.3 Å². The van der Waals surface area contributed by atoms with E-state index in [4.69, 9.17) is 4.74 Å². The molecule has 0 spiro atoms. The molecule has 12 heavy (non-hydrogen) atoms. The summed E-state index contributed by atoms with van der Waals surface area (Å²) >= 11 is 0. The Morgan fingerprint density at radius 2 is 2.17 bits per heavy atom. The number of rotatable bonds is 3. The lowest BCUT2D eigenvalue weighted by Crippen LogP contribution is -2.27.